The zero-order valence-corrected chi connectivity index (χ0v) is 16.5. The highest BCUT2D eigenvalue weighted by Crippen LogP contribution is 2.26. The number of ether oxygens (including phenoxy) is 2. The minimum absolute atomic E-state index is 0.143. The quantitative estimate of drug-likeness (QED) is 0.805. The summed E-state index contributed by atoms with van der Waals surface area (Å²) in [4.78, 5) is 26.3. The molecule has 1 aliphatic carbocycles. The fraction of sp³-hybridized carbons (Fsp3) is 0.619. The number of rotatable bonds is 5. The number of nitrogens with zero attached hydrogens (tertiary/aromatic N) is 1. The molecule has 1 atom stereocenters. The van der Waals surface area contributed by atoms with Crippen molar-refractivity contribution >= 4 is 12.0 Å². The van der Waals surface area contributed by atoms with Crippen LogP contribution in [0.15, 0.2) is 18.2 Å². The van der Waals surface area contributed by atoms with Gasteiger partial charge in [-0.1, -0.05) is 6.07 Å². The summed E-state index contributed by atoms with van der Waals surface area (Å²) in [5.41, 5.74) is 2.22. The lowest BCUT2D eigenvalue weighted by molar-refractivity contribution is -0.125. The van der Waals surface area contributed by atoms with Crippen LogP contribution in [0.2, 0.25) is 0 Å². The topological polar surface area (TPSA) is 67.9 Å². The largest absolute Gasteiger partial charge is 0.492 e. The minimum atomic E-state index is -0.565. The molecule has 1 unspecified atom stereocenters. The van der Waals surface area contributed by atoms with Crippen molar-refractivity contribution in [3.8, 4) is 5.75 Å². The first kappa shape index (κ1) is 19.5. The van der Waals surface area contributed by atoms with Crippen molar-refractivity contribution in [2.45, 2.75) is 64.5 Å². The van der Waals surface area contributed by atoms with Crippen LogP contribution in [0.5, 0.6) is 5.75 Å². The Bertz CT molecular complexity index is 696. The van der Waals surface area contributed by atoms with Crippen LogP contribution >= 0.6 is 0 Å². The van der Waals surface area contributed by atoms with Gasteiger partial charge < -0.3 is 14.8 Å². The molecule has 3 rings (SSSR count). The van der Waals surface area contributed by atoms with Gasteiger partial charge in [0.2, 0.25) is 5.91 Å². The Labute approximate surface area is 161 Å². The lowest BCUT2D eigenvalue weighted by Gasteiger charge is -2.28. The monoisotopic (exact) mass is 374 g/mol. The van der Waals surface area contributed by atoms with E-state index in [4.69, 9.17) is 9.47 Å². The van der Waals surface area contributed by atoms with Gasteiger partial charge >= 0.3 is 6.09 Å². The average molecular weight is 374 g/mol. The van der Waals surface area contributed by atoms with E-state index in [9.17, 15) is 9.59 Å². The van der Waals surface area contributed by atoms with Crippen molar-refractivity contribution < 1.29 is 19.1 Å². The van der Waals surface area contributed by atoms with Crippen LogP contribution in [-0.2, 0) is 22.4 Å². The average Bonchev–Trinajstić information content (AvgIpc) is 3.25. The summed E-state index contributed by atoms with van der Waals surface area (Å²) >= 11 is 0. The van der Waals surface area contributed by atoms with E-state index >= 15 is 0 Å². The normalized spacial score (nSPS) is 18.9. The molecule has 6 heteroatoms. The first-order valence-corrected chi connectivity index (χ1v) is 9.85. The number of carbonyl (C=O) groups is 2. The zero-order valence-electron chi connectivity index (χ0n) is 16.5. The van der Waals surface area contributed by atoms with Gasteiger partial charge in [-0.25, -0.2) is 4.79 Å². The number of aryl methyl sites for hydroxylation is 2. The van der Waals surface area contributed by atoms with Crippen LogP contribution < -0.4 is 10.1 Å². The second-order valence-electron chi connectivity index (χ2n) is 8.26. The molecule has 6 nitrogen and oxygen atoms in total. The van der Waals surface area contributed by atoms with Crippen molar-refractivity contribution in [1.82, 2.24) is 10.2 Å². The molecule has 1 aromatic carbocycles. The van der Waals surface area contributed by atoms with E-state index < -0.39 is 17.7 Å². The standard InChI is InChI=1S/C21H30N2O4/c1-21(2,3)27-20(25)23-12-5-8-18(23)19(24)22-11-13-26-17-10-9-15-6-4-7-16(15)14-17/h9-10,14,18H,4-8,11-13H2,1-3H3,(H,22,24). The molecule has 0 saturated carbocycles. The first-order chi connectivity index (χ1) is 12.8. The van der Waals surface area contributed by atoms with Gasteiger partial charge in [0.15, 0.2) is 0 Å². The maximum absolute atomic E-state index is 12.5. The molecule has 2 aliphatic rings. The van der Waals surface area contributed by atoms with E-state index in [0.29, 0.717) is 26.1 Å². The van der Waals surface area contributed by atoms with Crippen LogP contribution in [0.1, 0.15) is 51.2 Å². The van der Waals surface area contributed by atoms with Gasteiger partial charge in [-0.05, 0) is 76.1 Å². The molecule has 0 radical (unpaired) electrons. The molecule has 1 saturated heterocycles. The molecular formula is C21H30N2O4. The summed E-state index contributed by atoms with van der Waals surface area (Å²) in [6.07, 6.45) is 4.53. The Morgan fingerprint density at radius 1 is 1.19 bits per heavy atom. The Hall–Kier alpha value is -2.24. The third-order valence-electron chi connectivity index (χ3n) is 4.92. The van der Waals surface area contributed by atoms with Gasteiger partial charge in [0.25, 0.3) is 0 Å². The number of carbonyl (C=O) groups excluding carboxylic acids is 2. The lowest BCUT2D eigenvalue weighted by atomic mass is 10.1. The summed E-state index contributed by atoms with van der Waals surface area (Å²) in [6.45, 7) is 6.85. The smallest absolute Gasteiger partial charge is 0.410 e. The fourth-order valence-corrected chi connectivity index (χ4v) is 3.68. The number of nitrogens with one attached hydrogen (secondary N) is 1. The molecule has 27 heavy (non-hydrogen) atoms. The van der Waals surface area contributed by atoms with Crippen LogP contribution in [0.25, 0.3) is 0 Å². The van der Waals surface area contributed by atoms with E-state index in [1.54, 1.807) is 0 Å². The van der Waals surface area contributed by atoms with Gasteiger partial charge in [0, 0.05) is 6.54 Å². The van der Waals surface area contributed by atoms with Gasteiger partial charge in [0.05, 0.1) is 6.54 Å². The highest BCUT2D eigenvalue weighted by atomic mass is 16.6. The van der Waals surface area contributed by atoms with Crippen molar-refractivity contribution in [1.29, 1.82) is 0 Å². The SMILES string of the molecule is CC(C)(C)OC(=O)N1CCCC1C(=O)NCCOc1ccc2c(c1)CCC2. The first-order valence-electron chi connectivity index (χ1n) is 9.85. The molecule has 2 amide bonds. The molecule has 1 fully saturated rings. The van der Waals surface area contributed by atoms with Gasteiger partial charge in [-0.15, -0.1) is 0 Å². The van der Waals surface area contributed by atoms with Crippen LogP contribution in [0.3, 0.4) is 0 Å². The number of fused-ring (bicyclic) bond motifs is 1. The second-order valence-corrected chi connectivity index (χ2v) is 8.26. The number of hydrogen-bond acceptors (Lipinski definition) is 4. The predicted molar refractivity (Wildman–Crippen MR) is 103 cm³/mol. The molecule has 148 valence electrons. The predicted octanol–water partition coefficient (Wildman–Crippen LogP) is 3.07. The second kappa shape index (κ2) is 8.19. The molecule has 1 aromatic rings. The maximum Gasteiger partial charge on any atom is 0.410 e. The Morgan fingerprint density at radius 3 is 2.74 bits per heavy atom. The molecule has 1 aliphatic heterocycles. The van der Waals surface area contributed by atoms with Crippen LogP contribution in [0, 0.1) is 0 Å². The number of amides is 2. The van der Waals surface area contributed by atoms with Crippen molar-refractivity contribution in [2.24, 2.45) is 0 Å². The highest BCUT2D eigenvalue weighted by Gasteiger charge is 2.36. The van der Waals surface area contributed by atoms with Gasteiger partial charge in [-0.2, -0.15) is 0 Å². The molecular weight excluding hydrogens is 344 g/mol. The molecule has 1 N–H and O–H groups in total. The van der Waals surface area contributed by atoms with Crippen LogP contribution in [-0.4, -0.2) is 48.2 Å². The lowest BCUT2D eigenvalue weighted by Crippen LogP contribution is -2.48. The third kappa shape index (κ3) is 5.15. The van der Waals surface area contributed by atoms with Gasteiger partial charge in [0.1, 0.15) is 24.0 Å². The van der Waals surface area contributed by atoms with E-state index in [2.05, 4.69) is 17.4 Å². The highest BCUT2D eigenvalue weighted by molar-refractivity contribution is 5.86. The van der Waals surface area contributed by atoms with Crippen LogP contribution in [0.4, 0.5) is 4.79 Å². The number of benzene rings is 1. The fourth-order valence-electron chi connectivity index (χ4n) is 3.68. The van der Waals surface area contributed by atoms with Crippen molar-refractivity contribution in [3.63, 3.8) is 0 Å². The van der Waals surface area contributed by atoms with Crippen molar-refractivity contribution in [3.05, 3.63) is 29.3 Å². The number of hydrogen-bond donors (Lipinski definition) is 1. The molecule has 0 spiro atoms. The Kier molecular flexibility index (Phi) is 5.92. The number of likely N-dealkylation sites (tertiary alicyclic amines) is 1. The Balaban J connectivity index is 1.44. The summed E-state index contributed by atoms with van der Waals surface area (Å²) in [5, 5.41) is 2.88. The minimum Gasteiger partial charge on any atom is -0.492 e. The zero-order chi connectivity index (χ0) is 19.4. The molecule has 1 heterocycles. The maximum atomic E-state index is 12.5. The summed E-state index contributed by atoms with van der Waals surface area (Å²) in [5.74, 6) is 0.706. The summed E-state index contributed by atoms with van der Waals surface area (Å²) in [7, 11) is 0. The Morgan fingerprint density at radius 2 is 1.96 bits per heavy atom. The van der Waals surface area contributed by atoms with E-state index in [1.807, 2.05) is 26.8 Å². The summed E-state index contributed by atoms with van der Waals surface area (Å²) in [6, 6.07) is 5.77. The van der Waals surface area contributed by atoms with E-state index in [-0.39, 0.29) is 5.91 Å². The van der Waals surface area contributed by atoms with Gasteiger partial charge in [-0.3, -0.25) is 9.69 Å². The van der Waals surface area contributed by atoms with E-state index in [0.717, 1.165) is 25.0 Å². The summed E-state index contributed by atoms with van der Waals surface area (Å²) < 4.78 is 11.2. The third-order valence-corrected chi connectivity index (χ3v) is 4.92. The van der Waals surface area contributed by atoms with E-state index in [1.165, 1.54) is 22.4 Å². The molecule has 0 bridgehead atoms. The van der Waals surface area contributed by atoms with Crippen molar-refractivity contribution in [2.75, 3.05) is 19.7 Å². The molecule has 0 aromatic heterocycles.